The topological polar surface area (TPSA) is 46.1 Å². The van der Waals surface area contributed by atoms with Gasteiger partial charge in [-0.15, -0.1) is 0 Å². The Morgan fingerprint density at radius 3 is 2.59 bits per heavy atom. The molecule has 1 amide bonds. The predicted octanol–water partition coefficient (Wildman–Crippen LogP) is 1.69. The van der Waals surface area contributed by atoms with E-state index in [2.05, 4.69) is 16.9 Å². The highest BCUT2D eigenvalue weighted by molar-refractivity contribution is 5.73. The average Bonchev–Trinajstić information content (AvgIpc) is 2.29. The molecule has 2 heterocycles. The number of hydrogen-bond acceptors (Lipinski definition) is 3. The zero-order valence-corrected chi connectivity index (χ0v) is 10.7. The highest BCUT2D eigenvalue weighted by Crippen LogP contribution is 2.33. The zero-order chi connectivity index (χ0) is 12.5. The van der Waals surface area contributed by atoms with Crippen molar-refractivity contribution in [3.8, 4) is 0 Å². The van der Waals surface area contributed by atoms with Crippen molar-refractivity contribution in [2.75, 3.05) is 13.1 Å². The Morgan fingerprint density at radius 2 is 2.06 bits per heavy atom. The lowest BCUT2D eigenvalue weighted by Crippen LogP contribution is -2.43. The monoisotopic (exact) mass is 233 g/mol. The first-order valence-electron chi connectivity index (χ1n) is 6.07. The molecule has 0 bridgehead atoms. The number of likely N-dealkylation sites (tertiary alicyclic amines) is 1. The molecule has 1 fully saturated rings. The number of rotatable bonds is 1. The number of amides is 1. The minimum Gasteiger partial charge on any atom is -0.343 e. The van der Waals surface area contributed by atoms with Gasteiger partial charge in [-0.1, -0.05) is 6.92 Å². The lowest BCUT2D eigenvalue weighted by molar-refractivity contribution is -0.130. The third-order valence-electron chi connectivity index (χ3n) is 3.71. The summed E-state index contributed by atoms with van der Waals surface area (Å²) in [6.07, 6.45) is 3.77. The minimum atomic E-state index is 0.0830. The molecule has 0 aromatic carbocycles. The van der Waals surface area contributed by atoms with E-state index in [0.29, 0.717) is 0 Å². The first-order valence-corrected chi connectivity index (χ1v) is 6.07. The van der Waals surface area contributed by atoms with Gasteiger partial charge in [-0.3, -0.25) is 4.79 Å². The summed E-state index contributed by atoms with van der Waals surface area (Å²) in [4.78, 5) is 21.9. The molecule has 4 nitrogen and oxygen atoms in total. The smallest absolute Gasteiger partial charge is 0.219 e. The summed E-state index contributed by atoms with van der Waals surface area (Å²) in [5.41, 5.74) is 1.19. The van der Waals surface area contributed by atoms with E-state index in [1.165, 1.54) is 0 Å². The lowest BCUT2D eigenvalue weighted by Gasteiger charge is -2.38. The van der Waals surface area contributed by atoms with Crippen LogP contribution in [0.3, 0.4) is 0 Å². The van der Waals surface area contributed by atoms with Crippen LogP contribution < -0.4 is 0 Å². The van der Waals surface area contributed by atoms with Crippen molar-refractivity contribution < 1.29 is 4.79 Å². The molecule has 2 rings (SSSR count). The maximum atomic E-state index is 11.3. The molecular formula is C13H19N3O. The van der Waals surface area contributed by atoms with Crippen LogP contribution in [0.4, 0.5) is 0 Å². The van der Waals surface area contributed by atoms with Gasteiger partial charge in [0.1, 0.15) is 5.82 Å². The third kappa shape index (κ3) is 2.46. The first-order chi connectivity index (χ1) is 8.01. The van der Waals surface area contributed by atoms with Gasteiger partial charge >= 0.3 is 0 Å². The highest BCUT2D eigenvalue weighted by atomic mass is 16.2. The van der Waals surface area contributed by atoms with Crippen molar-refractivity contribution in [3.05, 3.63) is 23.8 Å². The van der Waals surface area contributed by atoms with Gasteiger partial charge in [0.15, 0.2) is 0 Å². The molecule has 1 aromatic heterocycles. The largest absolute Gasteiger partial charge is 0.343 e. The Morgan fingerprint density at radius 1 is 1.41 bits per heavy atom. The molecule has 4 heteroatoms. The minimum absolute atomic E-state index is 0.0830. The van der Waals surface area contributed by atoms with E-state index in [1.807, 2.05) is 24.1 Å². The Kier molecular flexibility index (Phi) is 3.13. The van der Waals surface area contributed by atoms with E-state index in [1.54, 1.807) is 6.92 Å². The van der Waals surface area contributed by atoms with Gasteiger partial charge in [-0.05, 0) is 25.8 Å². The molecular weight excluding hydrogens is 214 g/mol. The molecule has 0 radical (unpaired) electrons. The van der Waals surface area contributed by atoms with Gasteiger partial charge in [0.2, 0.25) is 5.91 Å². The van der Waals surface area contributed by atoms with Gasteiger partial charge in [-0.25, -0.2) is 9.97 Å². The Bertz CT molecular complexity index is 422. The molecule has 0 saturated carbocycles. The lowest BCUT2D eigenvalue weighted by atomic mass is 9.77. The predicted molar refractivity (Wildman–Crippen MR) is 65.6 cm³/mol. The van der Waals surface area contributed by atoms with Crippen molar-refractivity contribution in [3.63, 3.8) is 0 Å². The van der Waals surface area contributed by atoms with Crippen LogP contribution in [0.25, 0.3) is 0 Å². The van der Waals surface area contributed by atoms with E-state index < -0.39 is 0 Å². The van der Waals surface area contributed by atoms with Crippen LogP contribution in [-0.4, -0.2) is 33.9 Å². The number of nitrogens with zero attached hydrogens (tertiary/aromatic N) is 3. The standard InChI is InChI=1S/C13H19N3O/c1-10-14-7-4-12(15-10)13(3)5-8-16(9-6-13)11(2)17/h4,7H,5-6,8-9H2,1-3H3. The van der Waals surface area contributed by atoms with Crippen molar-refractivity contribution in [2.24, 2.45) is 0 Å². The molecule has 1 saturated heterocycles. The van der Waals surface area contributed by atoms with Gasteiger partial charge in [0.25, 0.3) is 0 Å². The number of aryl methyl sites for hydroxylation is 1. The fourth-order valence-corrected chi connectivity index (χ4v) is 2.36. The van der Waals surface area contributed by atoms with Crippen LogP contribution in [0.1, 0.15) is 38.2 Å². The number of hydrogen-bond donors (Lipinski definition) is 0. The van der Waals surface area contributed by atoms with Crippen molar-refractivity contribution in [2.45, 2.75) is 39.0 Å². The van der Waals surface area contributed by atoms with E-state index in [-0.39, 0.29) is 11.3 Å². The van der Waals surface area contributed by atoms with E-state index in [9.17, 15) is 4.79 Å². The van der Waals surface area contributed by atoms with Gasteiger partial charge < -0.3 is 4.90 Å². The van der Waals surface area contributed by atoms with E-state index in [0.717, 1.165) is 37.4 Å². The summed E-state index contributed by atoms with van der Waals surface area (Å²) in [5.74, 6) is 0.989. The van der Waals surface area contributed by atoms with Crippen LogP contribution in [0.2, 0.25) is 0 Å². The summed E-state index contributed by atoms with van der Waals surface area (Å²) < 4.78 is 0. The molecule has 92 valence electrons. The molecule has 1 aliphatic heterocycles. The fourth-order valence-electron chi connectivity index (χ4n) is 2.36. The molecule has 17 heavy (non-hydrogen) atoms. The highest BCUT2D eigenvalue weighted by Gasteiger charge is 2.33. The second-order valence-electron chi connectivity index (χ2n) is 5.06. The van der Waals surface area contributed by atoms with Crippen LogP contribution in [0, 0.1) is 6.92 Å². The van der Waals surface area contributed by atoms with Crippen LogP contribution in [0.15, 0.2) is 12.3 Å². The molecule has 1 aliphatic rings. The Balaban J connectivity index is 2.14. The second kappa shape index (κ2) is 4.43. The summed E-state index contributed by atoms with van der Waals surface area (Å²) >= 11 is 0. The van der Waals surface area contributed by atoms with Gasteiger partial charge in [0, 0.05) is 31.6 Å². The molecule has 0 spiro atoms. The summed E-state index contributed by atoms with van der Waals surface area (Å²) in [6, 6.07) is 2.00. The Labute approximate surface area is 102 Å². The van der Waals surface area contributed by atoms with Crippen LogP contribution in [-0.2, 0) is 10.2 Å². The number of piperidine rings is 1. The summed E-state index contributed by atoms with van der Waals surface area (Å²) in [6.45, 7) is 7.44. The summed E-state index contributed by atoms with van der Waals surface area (Å²) in [5, 5.41) is 0. The SMILES string of the molecule is CC(=O)N1CCC(C)(c2ccnc(C)n2)CC1. The first kappa shape index (κ1) is 12.0. The van der Waals surface area contributed by atoms with Crippen molar-refractivity contribution >= 4 is 5.91 Å². The maximum absolute atomic E-state index is 11.3. The second-order valence-corrected chi connectivity index (χ2v) is 5.06. The van der Waals surface area contributed by atoms with E-state index in [4.69, 9.17) is 0 Å². The average molecular weight is 233 g/mol. The number of carbonyl (C=O) groups excluding carboxylic acids is 1. The summed E-state index contributed by atoms with van der Waals surface area (Å²) in [7, 11) is 0. The van der Waals surface area contributed by atoms with Crippen LogP contribution in [0.5, 0.6) is 0 Å². The van der Waals surface area contributed by atoms with E-state index >= 15 is 0 Å². The quantitative estimate of drug-likeness (QED) is 0.741. The van der Waals surface area contributed by atoms with Crippen LogP contribution >= 0.6 is 0 Å². The van der Waals surface area contributed by atoms with Crippen molar-refractivity contribution in [1.82, 2.24) is 14.9 Å². The molecule has 0 unspecified atom stereocenters. The third-order valence-corrected chi connectivity index (χ3v) is 3.71. The van der Waals surface area contributed by atoms with Gasteiger partial charge in [-0.2, -0.15) is 0 Å². The zero-order valence-electron chi connectivity index (χ0n) is 10.7. The number of carbonyl (C=O) groups is 1. The number of aromatic nitrogens is 2. The molecule has 0 aliphatic carbocycles. The fraction of sp³-hybridized carbons (Fsp3) is 0.615. The molecule has 1 aromatic rings. The maximum Gasteiger partial charge on any atom is 0.219 e. The normalized spacial score (nSPS) is 19.1. The van der Waals surface area contributed by atoms with Gasteiger partial charge in [0.05, 0.1) is 5.69 Å². The van der Waals surface area contributed by atoms with Crippen molar-refractivity contribution in [1.29, 1.82) is 0 Å². The Hall–Kier alpha value is -1.45. The molecule has 0 N–H and O–H groups in total. The molecule has 0 atom stereocenters.